The summed E-state index contributed by atoms with van der Waals surface area (Å²) in [7, 11) is -0.974. The molecule has 0 saturated carbocycles. The van der Waals surface area contributed by atoms with Crippen molar-refractivity contribution in [2.45, 2.75) is 53.7 Å². The molecular formula is C24H32NO2P. The van der Waals surface area contributed by atoms with Crippen LogP contribution in [-0.2, 0) is 9.26 Å². The molecule has 0 unspecified atom stereocenters. The third kappa shape index (κ3) is 5.01. The fraction of sp³-hybridized carbons (Fsp3) is 0.458. The van der Waals surface area contributed by atoms with Crippen molar-refractivity contribution in [3.63, 3.8) is 0 Å². The van der Waals surface area contributed by atoms with E-state index < -0.39 is 8.15 Å². The van der Waals surface area contributed by atoms with Gasteiger partial charge in [0.2, 0.25) is 5.90 Å². The van der Waals surface area contributed by atoms with Crippen molar-refractivity contribution in [2.24, 2.45) is 15.8 Å². The highest BCUT2D eigenvalue weighted by Crippen LogP contribution is 2.42. The Morgan fingerprint density at radius 1 is 0.893 bits per heavy atom. The lowest BCUT2D eigenvalue weighted by atomic mass is 9.87. The Bertz CT molecular complexity index is 751. The lowest BCUT2D eigenvalue weighted by Crippen LogP contribution is -2.38. The lowest BCUT2D eigenvalue weighted by Gasteiger charge is -2.33. The second-order valence-electron chi connectivity index (χ2n) is 9.48. The van der Waals surface area contributed by atoms with Crippen molar-refractivity contribution in [2.75, 3.05) is 6.61 Å². The molecule has 0 spiro atoms. The first-order valence-electron chi connectivity index (χ1n) is 9.94. The molecule has 3 nitrogen and oxygen atoms in total. The maximum Gasteiger partial charge on any atom is 0.214 e. The number of nitrogens with zero attached hydrogens (tertiary/aromatic N) is 1. The number of hydrogen-bond acceptors (Lipinski definition) is 3. The first-order chi connectivity index (χ1) is 13.2. The summed E-state index contributed by atoms with van der Waals surface area (Å²) in [5.41, 5.74) is -0.0521. The summed E-state index contributed by atoms with van der Waals surface area (Å²) in [5, 5.41) is 2.40. The zero-order valence-electron chi connectivity index (χ0n) is 17.8. The number of hydrogen-bond donors (Lipinski definition) is 0. The van der Waals surface area contributed by atoms with Crippen molar-refractivity contribution in [1.82, 2.24) is 0 Å². The molecule has 0 aliphatic carbocycles. The van der Waals surface area contributed by atoms with Gasteiger partial charge in [-0.15, -0.1) is 0 Å². The fourth-order valence-electron chi connectivity index (χ4n) is 3.06. The Hall–Kier alpha value is -1.70. The van der Waals surface area contributed by atoms with Crippen LogP contribution >= 0.6 is 8.15 Å². The summed E-state index contributed by atoms with van der Waals surface area (Å²) in [6, 6.07) is 21.1. The van der Waals surface area contributed by atoms with Gasteiger partial charge in [0, 0.05) is 10.6 Å². The summed E-state index contributed by atoms with van der Waals surface area (Å²) in [4.78, 5) is 4.95. The molecule has 1 aliphatic heterocycles. The average molecular weight is 397 g/mol. The zero-order valence-corrected chi connectivity index (χ0v) is 18.7. The second kappa shape index (κ2) is 8.35. The van der Waals surface area contributed by atoms with Gasteiger partial charge >= 0.3 is 0 Å². The molecule has 4 heteroatoms. The number of ether oxygens (including phenoxy) is 1. The van der Waals surface area contributed by atoms with E-state index in [4.69, 9.17) is 14.3 Å². The predicted molar refractivity (Wildman–Crippen MR) is 120 cm³/mol. The van der Waals surface area contributed by atoms with Crippen LogP contribution in [0.3, 0.4) is 0 Å². The molecule has 0 aromatic heterocycles. The van der Waals surface area contributed by atoms with Gasteiger partial charge in [0.05, 0.1) is 14.2 Å². The van der Waals surface area contributed by atoms with Gasteiger partial charge in [-0.05, 0) is 10.8 Å². The van der Waals surface area contributed by atoms with E-state index in [2.05, 4.69) is 90.1 Å². The molecule has 2 atom stereocenters. The number of aliphatic imine (C=N–C) groups is 1. The summed E-state index contributed by atoms with van der Waals surface area (Å²) in [6.07, 6.45) is -0.202. The van der Waals surface area contributed by atoms with Gasteiger partial charge in [-0.2, -0.15) is 0 Å². The van der Waals surface area contributed by atoms with Crippen molar-refractivity contribution < 1.29 is 9.26 Å². The van der Waals surface area contributed by atoms with Crippen molar-refractivity contribution in [3.8, 4) is 0 Å². The van der Waals surface area contributed by atoms with Crippen LogP contribution < -0.4 is 10.6 Å². The van der Waals surface area contributed by atoms with E-state index in [0.29, 0.717) is 6.61 Å². The van der Waals surface area contributed by atoms with Gasteiger partial charge in [-0.3, -0.25) is 0 Å². The Labute approximate surface area is 171 Å². The van der Waals surface area contributed by atoms with Gasteiger partial charge in [-0.1, -0.05) is 102 Å². The second-order valence-corrected chi connectivity index (χ2v) is 11.3. The summed E-state index contributed by atoms with van der Waals surface area (Å²) >= 11 is 0. The van der Waals surface area contributed by atoms with Crippen LogP contribution in [0, 0.1) is 10.8 Å². The Kier molecular flexibility index (Phi) is 6.27. The fourth-order valence-corrected chi connectivity index (χ4v) is 5.10. The topological polar surface area (TPSA) is 30.8 Å². The Morgan fingerprint density at radius 3 is 1.79 bits per heavy atom. The highest BCUT2D eigenvalue weighted by Gasteiger charge is 2.40. The summed E-state index contributed by atoms with van der Waals surface area (Å²) in [6.45, 7) is 13.8. The first-order valence-corrected chi connectivity index (χ1v) is 11.2. The van der Waals surface area contributed by atoms with Crippen LogP contribution in [0.5, 0.6) is 0 Å². The molecule has 3 rings (SSSR count). The quantitative estimate of drug-likeness (QED) is 0.640. The van der Waals surface area contributed by atoms with Crippen molar-refractivity contribution in [1.29, 1.82) is 0 Å². The highest BCUT2D eigenvalue weighted by atomic mass is 31.1. The van der Waals surface area contributed by atoms with Crippen LogP contribution in [-0.4, -0.2) is 24.7 Å². The van der Waals surface area contributed by atoms with E-state index in [1.54, 1.807) is 0 Å². The summed E-state index contributed by atoms with van der Waals surface area (Å²) < 4.78 is 12.9. The van der Waals surface area contributed by atoms with E-state index in [0.717, 1.165) is 5.90 Å². The molecule has 0 amide bonds. The molecule has 2 aromatic rings. The highest BCUT2D eigenvalue weighted by molar-refractivity contribution is 7.68. The maximum atomic E-state index is 6.84. The minimum absolute atomic E-state index is 0.0772. The SMILES string of the molecule is CC(C)(C)[C@H]1COC([C@H](OP(c2ccccc2)c2ccccc2)C(C)(C)C)=N1. The normalized spacial score (nSPS) is 18.7. The van der Waals surface area contributed by atoms with Gasteiger partial charge < -0.3 is 9.26 Å². The molecule has 2 aromatic carbocycles. The van der Waals surface area contributed by atoms with Crippen LogP contribution in [0.2, 0.25) is 0 Å². The van der Waals surface area contributed by atoms with E-state index in [-0.39, 0.29) is 23.0 Å². The predicted octanol–water partition coefficient (Wildman–Crippen LogP) is 5.31. The zero-order chi connectivity index (χ0) is 20.4. The lowest BCUT2D eigenvalue weighted by molar-refractivity contribution is 0.132. The van der Waals surface area contributed by atoms with E-state index in [1.165, 1.54) is 10.6 Å². The van der Waals surface area contributed by atoms with Crippen LogP contribution in [0.25, 0.3) is 0 Å². The number of benzene rings is 2. The maximum absolute atomic E-state index is 6.84. The first kappa shape index (κ1) is 21.0. The molecule has 1 heterocycles. The largest absolute Gasteiger partial charge is 0.477 e. The molecule has 0 fully saturated rings. The molecule has 0 radical (unpaired) electrons. The third-order valence-corrected chi connectivity index (χ3v) is 6.83. The third-order valence-electron chi connectivity index (χ3n) is 4.87. The van der Waals surface area contributed by atoms with Gasteiger partial charge in [0.25, 0.3) is 0 Å². The van der Waals surface area contributed by atoms with Gasteiger partial charge in [-0.25, -0.2) is 4.99 Å². The minimum Gasteiger partial charge on any atom is -0.477 e. The van der Waals surface area contributed by atoms with Crippen LogP contribution in [0.1, 0.15) is 41.5 Å². The van der Waals surface area contributed by atoms with E-state index in [1.807, 2.05) is 12.1 Å². The molecule has 28 heavy (non-hydrogen) atoms. The summed E-state index contributed by atoms with van der Waals surface area (Å²) in [5.74, 6) is 0.742. The minimum atomic E-state index is -0.974. The molecule has 1 aliphatic rings. The van der Waals surface area contributed by atoms with E-state index in [9.17, 15) is 0 Å². The standard InChI is InChI=1S/C24H32NO2P/c1-23(2,3)20-17-26-22(25-20)21(24(4,5)6)27-28(18-13-9-7-10-14-18)19-15-11-8-12-16-19/h7-16,20-21H,17H2,1-6H3/t20-,21+/m1/s1. The van der Waals surface area contributed by atoms with Crippen molar-refractivity contribution in [3.05, 3.63) is 60.7 Å². The Balaban J connectivity index is 1.96. The molecule has 0 N–H and O–H groups in total. The number of rotatable bonds is 5. The van der Waals surface area contributed by atoms with Gasteiger partial charge in [0.15, 0.2) is 0 Å². The van der Waals surface area contributed by atoms with Crippen LogP contribution in [0.4, 0.5) is 0 Å². The molecule has 150 valence electrons. The molecule has 0 saturated heterocycles. The smallest absolute Gasteiger partial charge is 0.214 e. The van der Waals surface area contributed by atoms with Crippen LogP contribution in [0.15, 0.2) is 65.7 Å². The van der Waals surface area contributed by atoms with Crippen molar-refractivity contribution >= 4 is 24.7 Å². The monoisotopic (exact) mass is 397 g/mol. The van der Waals surface area contributed by atoms with Gasteiger partial charge in [0.1, 0.15) is 12.7 Å². The van der Waals surface area contributed by atoms with E-state index >= 15 is 0 Å². The molecular weight excluding hydrogens is 365 g/mol. The average Bonchev–Trinajstić information content (AvgIpc) is 3.13. The Morgan fingerprint density at radius 2 is 1.39 bits per heavy atom. The molecule has 0 bridgehead atoms.